The minimum atomic E-state index is -1.16. The molecule has 20 heavy (non-hydrogen) atoms. The fraction of sp³-hybridized carbons (Fsp3) is 0.385. The Morgan fingerprint density at radius 2 is 1.80 bits per heavy atom. The molecule has 2 N–H and O–H groups in total. The van der Waals surface area contributed by atoms with E-state index in [-0.39, 0.29) is 17.2 Å². The van der Waals surface area contributed by atoms with Gasteiger partial charge in [-0.1, -0.05) is 13.8 Å². The van der Waals surface area contributed by atoms with Crippen LogP contribution in [-0.4, -0.2) is 27.6 Å². The van der Waals surface area contributed by atoms with Gasteiger partial charge in [0.1, 0.15) is 11.6 Å². The second kappa shape index (κ2) is 7.23. The van der Waals surface area contributed by atoms with E-state index < -0.39 is 28.9 Å². The number of halogens is 2. The number of hydrogen-bond acceptors (Lipinski definition) is 3. The van der Waals surface area contributed by atoms with E-state index in [9.17, 15) is 18.4 Å². The molecule has 1 aromatic rings. The number of carbonyl (C=O) groups excluding carboxylic acids is 1. The van der Waals surface area contributed by atoms with E-state index in [1.54, 1.807) is 13.8 Å². The molecule has 4 nitrogen and oxygen atoms in total. The summed E-state index contributed by atoms with van der Waals surface area (Å²) in [5.74, 6) is -3.32. The van der Waals surface area contributed by atoms with Crippen molar-refractivity contribution in [1.29, 1.82) is 0 Å². The Labute approximate surface area is 119 Å². The van der Waals surface area contributed by atoms with Crippen LogP contribution in [0.15, 0.2) is 18.2 Å². The maximum Gasteiger partial charge on any atom is 0.336 e. The smallest absolute Gasteiger partial charge is 0.336 e. The lowest BCUT2D eigenvalue weighted by molar-refractivity contribution is -0.139. The Kier molecular flexibility index (Phi) is 5.94. The normalized spacial score (nSPS) is 12.2. The molecule has 0 saturated heterocycles. The van der Waals surface area contributed by atoms with Crippen LogP contribution in [-0.2, 0) is 16.0 Å². The average Bonchev–Trinajstić information content (AvgIpc) is 2.25. The van der Waals surface area contributed by atoms with Crippen molar-refractivity contribution in [3.8, 4) is 0 Å². The summed E-state index contributed by atoms with van der Waals surface area (Å²) < 4.78 is 25.9. The Balaban J connectivity index is 2.68. The summed E-state index contributed by atoms with van der Waals surface area (Å²) in [4.78, 5) is 22.7. The van der Waals surface area contributed by atoms with E-state index in [0.717, 1.165) is 23.9 Å². The van der Waals surface area contributed by atoms with Gasteiger partial charge in [-0.3, -0.25) is 4.79 Å². The first-order valence-electron chi connectivity index (χ1n) is 5.90. The zero-order valence-electron chi connectivity index (χ0n) is 11.0. The lowest BCUT2D eigenvalue weighted by Gasteiger charge is -2.16. The summed E-state index contributed by atoms with van der Waals surface area (Å²) >= 11 is 1.07. The molecule has 1 atom stereocenters. The Hall–Kier alpha value is -1.63. The number of carbonyl (C=O) groups is 2. The predicted octanol–water partition coefficient (Wildman–Crippen LogP) is 2.18. The summed E-state index contributed by atoms with van der Waals surface area (Å²) in [6.45, 7) is 3.60. The molecule has 1 aromatic carbocycles. The minimum absolute atomic E-state index is 0.0167. The molecule has 1 amide bonds. The predicted molar refractivity (Wildman–Crippen MR) is 72.4 cm³/mol. The Bertz CT molecular complexity index is 488. The van der Waals surface area contributed by atoms with Crippen molar-refractivity contribution in [3.05, 3.63) is 35.4 Å². The van der Waals surface area contributed by atoms with Crippen LogP contribution in [0, 0.1) is 11.6 Å². The third-order valence-electron chi connectivity index (χ3n) is 2.21. The number of aliphatic carboxylic acids is 1. The molecule has 0 aliphatic carbocycles. The number of hydrogen-bond donors (Lipinski definition) is 2. The number of nitrogens with one attached hydrogen (secondary N) is 1. The largest absolute Gasteiger partial charge is 0.479 e. The van der Waals surface area contributed by atoms with Crippen LogP contribution < -0.4 is 5.32 Å². The van der Waals surface area contributed by atoms with Gasteiger partial charge >= 0.3 is 5.97 Å². The zero-order valence-corrected chi connectivity index (χ0v) is 11.8. The van der Waals surface area contributed by atoms with Crippen molar-refractivity contribution >= 4 is 23.6 Å². The highest BCUT2D eigenvalue weighted by Gasteiger charge is 2.21. The van der Waals surface area contributed by atoms with E-state index in [0.29, 0.717) is 6.07 Å². The molecule has 110 valence electrons. The van der Waals surface area contributed by atoms with Crippen LogP contribution in [0.5, 0.6) is 0 Å². The number of benzene rings is 1. The molecule has 0 aromatic heterocycles. The zero-order chi connectivity index (χ0) is 15.3. The van der Waals surface area contributed by atoms with Crippen LogP contribution in [0.4, 0.5) is 8.78 Å². The maximum absolute atomic E-state index is 13.0. The second-order valence-electron chi connectivity index (χ2n) is 4.43. The van der Waals surface area contributed by atoms with Crippen molar-refractivity contribution in [3.63, 3.8) is 0 Å². The molecule has 0 aliphatic heterocycles. The molecule has 0 fully saturated rings. The van der Waals surface area contributed by atoms with E-state index in [2.05, 4.69) is 5.32 Å². The molecular formula is C13H15F2NO3S. The molecule has 0 saturated carbocycles. The SMILES string of the molecule is CC(C)SC(NC(=O)Cc1cc(F)cc(F)c1)C(=O)O. The summed E-state index contributed by atoms with van der Waals surface area (Å²) in [6.07, 6.45) is -0.281. The maximum atomic E-state index is 13.0. The van der Waals surface area contributed by atoms with Crippen molar-refractivity contribution in [2.24, 2.45) is 0 Å². The first kappa shape index (κ1) is 16.4. The first-order valence-corrected chi connectivity index (χ1v) is 6.85. The van der Waals surface area contributed by atoms with Crippen molar-refractivity contribution in [1.82, 2.24) is 5.32 Å². The van der Waals surface area contributed by atoms with Gasteiger partial charge in [-0.05, 0) is 17.7 Å². The summed E-state index contributed by atoms with van der Waals surface area (Å²) in [7, 11) is 0. The summed E-state index contributed by atoms with van der Waals surface area (Å²) in [5, 5.41) is 10.2. The van der Waals surface area contributed by atoms with E-state index >= 15 is 0 Å². The molecule has 0 bridgehead atoms. The van der Waals surface area contributed by atoms with Gasteiger partial charge in [0.25, 0.3) is 0 Å². The van der Waals surface area contributed by atoms with Crippen molar-refractivity contribution < 1.29 is 23.5 Å². The van der Waals surface area contributed by atoms with Gasteiger partial charge in [-0.15, -0.1) is 11.8 Å². The molecule has 1 unspecified atom stereocenters. The van der Waals surface area contributed by atoms with E-state index in [4.69, 9.17) is 5.11 Å². The summed E-state index contributed by atoms with van der Waals surface area (Å²) in [5.41, 5.74) is 0.152. The van der Waals surface area contributed by atoms with E-state index in [1.807, 2.05) is 0 Å². The van der Waals surface area contributed by atoms with Crippen molar-refractivity contribution in [2.75, 3.05) is 0 Å². The molecule has 0 spiro atoms. The first-order chi connectivity index (χ1) is 9.27. The average molecular weight is 303 g/mol. The van der Waals surface area contributed by atoms with Crippen LogP contribution in [0.2, 0.25) is 0 Å². The van der Waals surface area contributed by atoms with Gasteiger partial charge in [0.05, 0.1) is 6.42 Å². The Morgan fingerprint density at radius 1 is 1.25 bits per heavy atom. The van der Waals surface area contributed by atoms with Crippen LogP contribution >= 0.6 is 11.8 Å². The fourth-order valence-electron chi connectivity index (χ4n) is 1.52. The minimum Gasteiger partial charge on any atom is -0.479 e. The number of rotatable bonds is 6. The monoisotopic (exact) mass is 303 g/mol. The Morgan fingerprint density at radius 3 is 2.25 bits per heavy atom. The van der Waals surface area contributed by atoms with Crippen LogP contribution in [0.1, 0.15) is 19.4 Å². The third-order valence-corrected chi connectivity index (χ3v) is 3.35. The van der Waals surface area contributed by atoms with Crippen molar-refractivity contribution in [2.45, 2.75) is 30.9 Å². The lowest BCUT2D eigenvalue weighted by Crippen LogP contribution is -2.40. The van der Waals surface area contributed by atoms with Gasteiger partial charge in [0, 0.05) is 11.3 Å². The lowest BCUT2D eigenvalue weighted by atomic mass is 10.1. The highest BCUT2D eigenvalue weighted by molar-refractivity contribution is 8.01. The number of amides is 1. The van der Waals surface area contributed by atoms with Gasteiger partial charge in [0.2, 0.25) is 5.91 Å². The highest BCUT2D eigenvalue weighted by Crippen LogP contribution is 2.16. The van der Waals surface area contributed by atoms with Crippen LogP contribution in [0.3, 0.4) is 0 Å². The number of thioether (sulfide) groups is 1. The quantitative estimate of drug-likeness (QED) is 0.791. The van der Waals surface area contributed by atoms with Gasteiger partial charge < -0.3 is 10.4 Å². The second-order valence-corrected chi connectivity index (χ2v) is 6.11. The third kappa shape index (κ3) is 5.56. The van der Waals surface area contributed by atoms with E-state index in [1.165, 1.54) is 0 Å². The standard InChI is InChI=1S/C13H15F2NO3S/c1-7(2)20-12(13(18)19)16-11(17)5-8-3-9(14)6-10(15)4-8/h3-4,6-7,12H,5H2,1-2H3,(H,16,17)(H,18,19). The number of carboxylic acid groups (broad SMARTS) is 1. The molecule has 1 rings (SSSR count). The topological polar surface area (TPSA) is 66.4 Å². The molecule has 0 heterocycles. The van der Waals surface area contributed by atoms with Gasteiger partial charge in [0.15, 0.2) is 5.37 Å². The molecule has 7 heteroatoms. The molecule has 0 radical (unpaired) electrons. The molecular weight excluding hydrogens is 288 g/mol. The van der Waals surface area contributed by atoms with Gasteiger partial charge in [-0.25, -0.2) is 13.6 Å². The highest BCUT2D eigenvalue weighted by atomic mass is 32.2. The fourth-order valence-corrected chi connectivity index (χ4v) is 2.38. The number of carboxylic acids is 1. The van der Waals surface area contributed by atoms with Crippen LogP contribution in [0.25, 0.3) is 0 Å². The molecule has 0 aliphatic rings. The van der Waals surface area contributed by atoms with Gasteiger partial charge in [-0.2, -0.15) is 0 Å². The summed E-state index contributed by atoms with van der Waals surface area (Å²) in [6, 6.07) is 2.78.